The Kier molecular flexibility index (Phi) is 4.57. The van der Waals surface area contributed by atoms with E-state index in [0.717, 1.165) is 40.9 Å². The van der Waals surface area contributed by atoms with Crippen LogP contribution < -0.4 is 5.56 Å². The molecule has 4 nitrogen and oxygen atoms in total. The van der Waals surface area contributed by atoms with Gasteiger partial charge in [-0.05, 0) is 38.5 Å². The van der Waals surface area contributed by atoms with Crippen LogP contribution in [0.1, 0.15) is 42.6 Å². The van der Waals surface area contributed by atoms with Crippen LogP contribution in [0.5, 0.6) is 0 Å². The van der Waals surface area contributed by atoms with Crippen molar-refractivity contribution in [2.45, 2.75) is 46.1 Å². The number of fused-ring (bicyclic) bond motifs is 1. The molecule has 23 heavy (non-hydrogen) atoms. The van der Waals surface area contributed by atoms with Gasteiger partial charge in [-0.15, -0.1) is 11.3 Å². The molecule has 120 valence electrons. The average Bonchev–Trinajstić information content (AvgIpc) is 2.91. The molecule has 3 aromatic heterocycles. The molecule has 0 saturated heterocycles. The number of nitrogens with zero attached hydrogens (tertiary/aromatic N) is 3. The quantitative estimate of drug-likeness (QED) is 0.713. The Morgan fingerprint density at radius 1 is 1.35 bits per heavy atom. The molecular weight excluding hydrogens is 306 g/mol. The minimum absolute atomic E-state index is 0.0308. The first-order valence-electron chi connectivity index (χ1n) is 8.00. The molecule has 0 bridgehead atoms. The monoisotopic (exact) mass is 327 g/mol. The van der Waals surface area contributed by atoms with Crippen molar-refractivity contribution in [3.63, 3.8) is 0 Å². The van der Waals surface area contributed by atoms with E-state index in [2.05, 4.69) is 16.9 Å². The number of rotatable bonds is 5. The van der Waals surface area contributed by atoms with E-state index in [9.17, 15) is 4.79 Å². The number of hydrogen-bond acceptors (Lipinski definition) is 4. The van der Waals surface area contributed by atoms with E-state index in [1.54, 1.807) is 22.2 Å². The summed E-state index contributed by atoms with van der Waals surface area (Å²) in [6, 6.07) is 8.03. The van der Waals surface area contributed by atoms with Gasteiger partial charge in [-0.2, -0.15) is 0 Å². The normalized spacial score (nSPS) is 12.7. The van der Waals surface area contributed by atoms with Crippen LogP contribution in [0.25, 0.3) is 10.2 Å². The fourth-order valence-corrected chi connectivity index (χ4v) is 3.87. The smallest absolute Gasteiger partial charge is 0.262 e. The van der Waals surface area contributed by atoms with Crippen molar-refractivity contribution in [3.8, 4) is 0 Å². The van der Waals surface area contributed by atoms with E-state index in [1.165, 1.54) is 4.88 Å². The third-order valence-corrected chi connectivity index (χ3v) is 5.05. The maximum absolute atomic E-state index is 12.8. The van der Waals surface area contributed by atoms with Crippen LogP contribution >= 0.6 is 11.3 Å². The molecule has 3 heterocycles. The first kappa shape index (κ1) is 15.9. The summed E-state index contributed by atoms with van der Waals surface area (Å²) in [7, 11) is 0. The molecule has 0 saturated carbocycles. The zero-order chi connectivity index (χ0) is 16.4. The van der Waals surface area contributed by atoms with Crippen LogP contribution in [-0.4, -0.2) is 14.5 Å². The van der Waals surface area contributed by atoms with Gasteiger partial charge < -0.3 is 0 Å². The van der Waals surface area contributed by atoms with E-state index in [0.29, 0.717) is 0 Å². The SMILES string of the molecule is CCCc1cc2c(=O)n([C@@H](C)Cc3cccc(C)n3)cnc2s1. The molecule has 0 aromatic carbocycles. The topological polar surface area (TPSA) is 47.8 Å². The number of thiophene rings is 1. The van der Waals surface area contributed by atoms with Crippen LogP contribution in [0.2, 0.25) is 0 Å². The van der Waals surface area contributed by atoms with Gasteiger partial charge in [0.05, 0.1) is 11.7 Å². The zero-order valence-electron chi connectivity index (χ0n) is 13.7. The number of pyridine rings is 1. The summed E-state index contributed by atoms with van der Waals surface area (Å²) in [5.41, 5.74) is 2.05. The maximum atomic E-state index is 12.8. The van der Waals surface area contributed by atoms with Crippen molar-refractivity contribution in [1.29, 1.82) is 0 Å². The standard InChI is InChI=1S/C18H21N3OS/c1-4-6-15-10-16-17(23-15)19-11-21(18(16)22)13(3)9-14-8-5-7-12(2)20-14/h5,7-8,10-11,13H,4,6,9H2,1-3H3/t13-/m0/s1. The predicted octanol–water partition coefficient (Wildman–Crippen LogP) is 3.92. The van der Waals surface area contributed by atoms with Crippen molar-refractivity contribution >= 4 is 21.6 Å². The zero-order valence-corrected chi connectivity index (χ0v) is 14.6. The van der Waals surface area contributed by atoms with E-state index in [-0.39, 0.29) is 11.6 Å². The van der Waals surface area contributed by atoms with E-state index < -0.39 is 0 Å². The second-order valence-corrected chi connectivity index (χ2v) is 7.08. The lowest BCUT2D eigenvalue weighted by Crippen LogP contribution is -2.24. The highest BCUT2D eigenvalue weighted by atomic mass is 32.1. The highest BCUT2D eigenvalue weighted by molar-refractivity contribution is 7.18. The molecule has 3 rings (SSSR count). The fourth-order valence-electron chi connectivity index (χ4n) is 2.78. The van der Waals surface area contributed by atoms with Gasteiger partial charge in [0.1, 0.15) is 4.83 Å². The molecule has 5 heteroatoms. The summed E-state index contributed by atoms with van der Waals surface area (Å²) in [5.74, 6) is 0. The van der Waals surface area contributed by atoms with Crippen molar-refractivity contribution in [1.82, 2.24) is 14.5 Å². The third kappa shape index (κ3) is 3.34. The summed E-state index contributed by atoms with van der Waals surface area (Å²) in [6.07, 6.45) is 4.48. The summed E-state index contributed by atoms with van der Waals surface area (Å²) < 4.78 is 1.73. The molecule has 0 N–H and O–H groups in total. The minimum atomic E-state index is 0.0308. The van der Waals surface area contributed by atoms with Gasteiger partial charge in [-0.3, -0.25) is 14.3 Å². The summed E-state index contributed by atoms with van der Waals surface area (Å²) in [5, 5.41) is 0.741. The number of aromatic nitrogens is 3. The van der Waals surface area contributed by atoms with Crippen LogP contribution in [0.4, 0.5) is 0 Å². The van der Waals surface area contributed by atoms with Crippen molar-refractivity contribution in [2.75, 3.05) is 0 Å². The highest BCUT2D eigenvalue weighted by Crippen LogP contribution is 2.23. The second kappa shape index (κ2) is 6.62. The predicted molar refractivity (Wildman–Crippen MR) is 95.3 cm³/mol. The Hall–Kier alpha value is -2.01. The molecule has 0 aliphatic heterocycles. The van der Waals surface area contributed by atoms with Crippen LogP contribution in [0.15, 0.2) is 35.4 Å². The Morgan fingerprint density at radius 2 is 2.17 bits per heavy atom. The van der Waals surface area contributed by atoms with Crippen LogP contribution in [0, 0.1) is 6.92 Å². The fraction of sp³-hybridized carbons (Fsp3) is 0.389. The molecule has 0 aliphatic carbocycles. The van der Waals surface area contributed by atoms with Gasteiger partial charge in [0.25, 0.3) is 5.56 Å². The summed E-state index contributed by atoms with van der Waals surface area (Å²) >= 11 is 1.63. The van der Waals surface area contributed by atoms with Crippen molar-refractivity contribution < 1.29 is 0 Å². The molecule has 1 atom stereocenters. The first-order chi connectivity index (χ1) is 11.1. The third-order valence-electron chi connectivity index (χ3n) is 3.95. The number of hydrogen-bond donors (Lipinski definition) is 0. The molecule has 0 radical (unpaired) electrons. The van der Waals surface area contributed by atoms with Crippen molar-refractivity contribution in [2.24, 2.45) is 0 Å². The van der Waals surface area contributed by atoms with Crippen molar-refractivity contribution in [3.05, 3.63) is 57.2 Å². The van der Waals surface area contributed by atoms with E-state index in [4.69, 9.17) is 0 Å². The lowest BCUT2D eigenvalue weighted by Gasteiger charge is -2.14. The maximum Gasteiger partial charge on any atom is 0.262 e. The first-order valence-corrected chi connectivity index (χ1v) is 8.82. The van der Waals surface area contributed by atoms with Crippen LogP contribution in [-0.2, 0) is 12.8 Å². The molecule has 0 amide bonds. The van der Waals surface area contributed by atoms with E-state index >= 15 is 0 Å². The average molecular weight is 327 g/mol. The Bertz CT molecular complexity index is 881. The molecule has 3 aromatic rings. The van der Waals surface area contributed by atoms with Gasteiger partial charge in [0, 0.05) is 28.7 Å². The molecule has 0 fully saturated rings. The molecule has 0 unspecified atom stereocenters. The van der Waals surface area contributed by atoms with Gasteiger partial charge in [-0.25, -0.2) is 4.98 Å². The van der Waals surface area contributed by atoms with E-state index in [1.807, 2.05) is 38.1 Å². The van der Waals surface area contributed by atoms with Gasteiger partial charge in [-0.1, -0.05) is 19.4 Å². The Balaban J connectivity index is 1.92. The minimum Gasteiger partial charge on any atom is -0.295 e. The highest BCUT2D eigenvalue weighted by Gasteiger charge is 2.13. The molecular formula is C18H21N3OS. The number of aryl methyl sites for hydroxylation is 2. The molecule has 0 spiro atoms. The largest absolute Gasteiger partial charge is 0.295 e. The van der Waals surface area contributed by atoms with Gasteiger partial charge in [0.15, 0.2) is 0 Å². The summed E-state index contributed by atoms with van der Waals surface area (Å²) in [6.45, 7) is 6.17. The van der Waals surface area contributed by atoms with Gasteiger partial charge >= 0.3 is 0 Å². The lowest BCUT2D eigenvalue weighted by molar-refractivity contribution is 0.517. The Labute approximate surface area is 139 Å². The summed E-state index contributed by atoms with van der Waals surface area (Å²) in [4.78, 5) is 23.8. The second-order valence-electron chi connectivity index (χ2n) is 5.96. The van der Waals surface area contributed by atoms with Crippen LogP contribution in [0.3, 0.4) is 0 Å². The van der Waals surface area contributed by atoms with Gasteiger partial charge in [0.2, 0.25) is 0 Å². The lowest BCUT2D eigenvalue weighted by atomic mass is 10.1. The molecule has 0 aliphatic rings. The Morgan fingerprint density at radius 3 is 2.91 bits per heavy atom.